The molecule has 0 saturated carbocycles. The molecule has 46 heavy (non-hydrogen) atoms. The Balaban J connectivity index is 1.03. The number of hydrogen-bond donors (Lipinski definition) is 2. The molecular formula is C38H40N4O4. The summed E-state index contributed by atoms with van der Waals surface area (Å²) in [6.07, 6.45) is 7.11. The largest absolute Gasteiger partial charge is 0.508 e. The number of ether oxygens (including phenoxy) is 1. The van der Waals surface area contributed by atoms with Gasteiger partial charge in [-0.25, -0.2) is 4.79 Å². The normalized spacial score (nSPS) is 26.9. The molecule has 6 aliphatic heterocycles. The van der Waals surface area contributed by atoms with Gasteiger partial charge in [0, 0.05) is 47.7 Å². The maximum atomic E-state index is 14.0. The number of nitrogens with zero attached hydrogens (tertiary/aromatic N) is 3. The Kier molecular flexibility index (Phi) is 7.62. The van der Waals surface area contributed by atoms with Crippen LogP contribution in [0.2, 0.25) is 0 Å². The van der Waals surface area contributed by atoms with E-state index in [-0.39, 0.29) is 17.7 Å². The summed E-state index contributed by atoms with van der Waals surface area (Å²) in [5.74, 6) is 0.788. The molecule has 0 aliphatic carbocycles. The molecule has 6 aliphatic rings. The molecule has 0 aromatic heterocycles. The first-order valence-electron chi connectivity index (χ1n) is 16.7. The van der Waals surface area contributed by atoms with Crippen LogP contribution in [0.4, 0.5) is 11.4 Å². The lowest BCUT2D eigenvalue weighted by atomic mass is 9.82. The number of esters is 1. The average Bonchev–Trinajstić information content (AvgIpc) is 3.09. The first-order valence-corrected chi connectivity index (χ1v) is 16.7. The number of aromatic hydroxyl groups is 1. The quantitative estimate of drug-likeness (QED) is 0.154. The minimum absolute atomic E-state index is 0.0220. The van der Waals surface area contributed by atoms with E-state index in [1.807, 2.05) is 41.3 Å². The third-order valence-electron chi connectivity index (χ3n) is 10.7. The predicted octanol–water partition coefficient (Wildman–Crippen LogP) is 5.79. The monoisotopic (exact) mass is 616 g/mol. The average molecular weight is 617 g/mol. The first-order chi connectivity index (χ1) is 22.5. The van der Waals surface area contributed by atoms with Crippen molar-refractivity contribution < 1.29 is 19.4 Å². The summed E-state index contributed by atoms with van der Waals surface area (Å²) in [5.41, 5.74) is 1.79. The summed E-state index contributed by atoms with van der Waals surface area (Å²) in [5, 5.41) is 17.9. The second-order valence-corrected chi connectivity index (χ2v) is 13.4. The van der Waals surface area contributed by atoms with Crippen LogP contribution in [0.25, 0.3) is 21.5 Å². The molecule has 8 nitrogen and oxygen atoms in total. The Labute approximate surface area is 269 Å². The van der Waals surface area contributed by atoms with Gasteiger partial charge in [-0.2, -0.15) is 0 Å². The molecule has 0 radical (unpaired) electrons. The number of benzene rings is 4. The number of nitrogens with one attached hydrogen (secondary N) is 1. The zero-order valence-electron chi connectivity index (χ0n) is 26.0. The van der Waals surface area contributed by atoms with Gasteiger partial charge in [0.15, 0.2) is 0 Å². The summed E-state index contributed by atoms with van der Waals surface area (Å²) in [7, 11) is 0. The van der Waals surface area contributed by atoms with Crippen molar-refractivity contribution in [1.29, 1.82) is 0 Å². The van der Waals surface area contributed by atoms with E-state index in [0.717, 1.165) is 71.9 Å². The minimum Gasteiger partial charge on any atom is -0.508 e. The van der Waals surface area contributed by atoms with Crippen LogP contribution in [0.3, 0.4) is 0 Å². The number of carbonyl (C=O) groups is 2. The third kappa shape index (κ3) is 5.60. The number of phenols is 1. The lowest BCUT2D eigenvalue weighted by molar-refractivity contribution is -0.129. The predicted molar refractivity (Wildman–Crippen MR) is 181 cm³/mol. The van der Waals surface area contributed by atoms with Crippen molar-refractivity contribution in [1.82, 2.24) is 9.80 Å². The van der Waals surface area contributed by atoms with Crippen LogP contribution in [0.1, 0.15) is 25.7 Å². The highest BCUT2D eigenvalue weighted by Gasteiger charge is 2.40. The first kappa shape index (κ1) is 29.0. The maximum absolute atomic E-state index is 14.0. The molecule has 4 bridgehead atoms. The molecule has 10 rings (SSSR count). The van der Waals surface area contributed by atoms with E-state index >= 15 is 0 Å². The molecule has 2 atom stereocenters. The smallest absolute Gasteiger partial charge is 0.336 e. The van der Waals surface area contributed by atoms with Crippen molar-refractivity contribution >= 4 is 44.8 Å². The summed E-state index contributed by atoms with van der Waals surface area (Å²) in [6, 6.07) is 23.4. The van der Waals surface area contributed by atoms with Crippen LogP contribution in [0.5, 0.6) is 11.5 Å². The lowest BCUT2D eigenvalue weighted by Gasteiger charge is -2.49. The van der Waals surface area contributed by atoms with Crippen LogP contribution in [-0.2, 0) is 9.59 Å². The molecule has 4 aromatic rings. The number of carbonyl (C=O) groups excluding carboxylic acids is 2. The number of piperidine rings is 6. The fraction of sp³-hybridized carbons (Fsp3) is 0.368. The Morgan fingerprint density at radius 3 is 2.20 bits per heavy atom. The molecule has 236 valence electrons. The van der Waals surface area contributed by atoms with Gasteiger partial charge in [0.05, 0.1) is 11.7 Å². The van der Waals surface area contributed by atoms with Crippen LogP contribution in [0, 0.1) is 11.8 Å². The van der Waals surface area contributed by atoms with Gasteiger partial charge >= 0.3 is 5.97 Å². The number of anilines is 2. The van der Waals surface area contributed by atoms with Gasteiger partial charge in [-0.3, -0.25) is 4.79 Å². The molecule has 8 heteroatoms. The summed E-state index contributed by atoms with van der Waals surface area (Å²) < 4.78 is 5.76. The van der Waals surface area contributed by atoms with Gasteiger partial charge in [0.1, 0.15) is 11.5 Å². The van der Waals surface area contributed by atoms with Crippen LogP contribution in [-0.4, -0.2) is 78.1 Å². The molecule has 2 N–H and O–H groups in total. The molecule has 6 heterocycles. The number of amides is 1. The Morgan fingerprint density at radius 1 is 0.783 bits per heavy atom. The molecule has 1 amide bonds. The van der Waals surface area contributed by atoms with Gasteiger partial charge in [0.25, 0.3) is 5.91 Å². The minimum atomic E-state index is -0.597. The van der Waals surface area contributed by atoms with Crippen LogP contribution < -0.4 is 15.0 Å². The Hall–Kier alpha value is -4.40. The second-order valence-electron chi connectivity index (χ2n) is 13.4. The van der Waals surface area contributed by atoms with E-state index in [2.05, 4.69) is 33.3 Å². The van der Waals surface area contributed by atoms with Gasteiger partial charge in [-0.05, 0) is 111 Å². The van der Waals surface area contributed by atoms with Crippen molar-refractivity contribution in [2.24, 2.45) is 11.8 Å². The highest BCUT2D eigenvalue weighted by atomic mass is 16.5. The summed E-state index contributed by atoms with van der Waals surface area (Å²) in [4.78, 5) is 33.9. The van der Waals surface area contributed by atoms with Crippen molar-refractivity contribution in [3.63, 3.8) is 0 Å². The van der Waals surface area contributed by atoms with Crippen molar-refractivity contribution in [2.75, 3.05) is 49.5 Å². The van der Waals surface area contributed by atoms with Gasteiger partial charge in [0.2, 0.25) is 0 Å². The van der Waals surface area contributed by atoms with E-state index < -0.39 is 5.97 Å². The highest BCUT2D eigenvalue weighted by molar-refractivity contribution is 6.10. The molecular weight excluding hydrogens is 576 g/mol. The fourth-order valence-electron chi connectivity index (χ4n) is 8.28. The van der Waals surface area contributed by atoms with E-state index in [1.54, 1.807) is 18.2 Å². The SMILES string of the molecule is O=C(/C=C/C(=O)N(c1cccc2ccc(O)cc12)[C@H]1CN2CCC1CC2)Oc1ccc2cccc(N[C@H]3CN4CCC3CC4)c2c1. The zero-order valence-corrected chi connectivity index (χ0v) is 26.0. The Morgan fingerprint density at radius 2 is 1.48 bits per heavy atom. The number of hydrogen-bond acceptors (Lipinski definition) is 7. The van der Waals surface area contributed by atoms with E-state index in [9.17, 15) is 14.7 Å². The third-order valence-corrected chi connectivity index (χ3v) is 10.7. The lowest BCUT2D eigenvalue weighted by Crippen LogP contribution is -2.58. The van der Waals surface area contributed by atoms with Gasteiger partial charge in [-0.1, -0.05) is 36.4 Å². The molecule has 0 unspecified atom stereocenters. The fourth-order valence-corrected chi connectivity index (χ4v) is 8.28. The van der Waals surface area contributed by atoms with Crippen LogP contribution in [0.15, 0.2) is 84.9 Å². The standard InChI is InChI=1S/C38H40N4O4/c43-29-9-7-26-4-2-6-35(32(26)21-29)42(36-24-41-19-15-28(36)16-20-41)37(44)11-12-38(45)46-30-10-8-25-3-1-5-33(31(25)22-30)39-34-23-40-17-13-27(34)14-18-40/h1-12,21-22,27-28,34,36,39,43H,13-20,23-24H2/b12-11+/t34-,36-/m0/s1. The van der Waals surface area contributed by atoms with Gasteiger partial charge in [-0.15, -0.1) is 0 Å². The topological polar surface area (TPSA) is 85.3 Å². The molecule has 4 aromatic carbocycles. The molecule has 6 fully saturated rings. The molecule has 0 spiro atoms. The zero-order chi connectivity index (χ0) is 31.2. The highest BCUT2D eigenvalue weighted by Crippen LogP contribution is 2.38. The maximum Gasteiger partial charge on any atom is 0.336 e. The van der Waals surface area contributed by atoms with E-state index in [1.165, 1.54) is 38.1 Å². The van der Waals surface area contributed by atoms with E-state index in [4.69, 9.17) is 4.74 Å². The molecule has 6 saturated heterocycles. The number of rotatable bonds is 7. The number of phenolic OH excluding ortho intramolecular Hbond substituents is 1. The van der Waals surface area contributed by atoms with Crippen molar-refractivity contribution in [3.05, 3.63) is 84.9 Å². The van der Waals surface area contributed by atoms with E-state index in [0.29, 0.717) is 23.6 Å². The van der Waals surface area contributed by atoms with Crippen LogP contribution >= 0.6 is 0 Å². The summed E-state index contributed by atoms with van der Waals surface area (Å²) >= 11 is 0. The van der Waals surface area contributed by atoms with Crippen molar-refractivity contribution in [3.8, 4) is 11.5 Å². The number of fused-ring (bicyclic) bond motifs is 8. The summed E-state index contributed by atoms with van der Waals surface area (Å²) in [6.45, 7) is 6.33. The Bertz CT molecular complexity index is 1820. The van der Waals surface area contributed by atoms with Crippen molar-refractivity contribution in [2.45, 2.75) is 37.8 Å². The van der Waals surface area contributed by atoms with Gasteiger partial charge < -0.3 is 29.9 Å². The second kappa shape index (κ2) is 12.1.